The Morgan fingerprint density at radius 1 is 0.905 bits per heavy atom. The minimum atomic E-state index is -0.286. The smallest absolute Gasteiger partial charge is 0.259 e. The molecule has 1 amide bonds. The van der Waals surface area contributed by atoms with Crippen LogP contribution in [0, 0.1) is 0 Å². The zero-order valence-corrected chi connectivity index (χ0v) is 11.1. The van der Waals surface area contributed by atoms with Gasteiger partial charge in [-0.25, -0.2) is 9.97 Å². The molecule has 0 aliphatic heterocycles. The van der Waals surface area contributed by atoms with Crippen LogP contribution in [0.15, 0.2) is 67.3 Å². The first-order chi connectivity index (χ1) is 10.3. The van der Waals surface area contributed by atoms with E-state index in [1.807, 2.05) is 30.3 Å². The molecule has 0 unspecified atom stereocenters. The topological polar surface area (TPSA) is 67.8 Å². The van der Waals surface area contributed by atoms with Gasteiger partial charge in [-0.2, -0.15) is 0 Å². The monoisotopic (exact) mass is 276 g/mol. The van der Waals surface area contributed by atoms with Crippen molar-refractivity contribution in [1.29, 1.82) is 0 Å². The van der Waals surface area contributed by atoms with Crippen molar-refractivity contribution in [3.63, 3.8) is 0 Å². The van der Waals surface area contributed by atoms with Crippen molar-refractivity contribution in [2.45, 2.75) is 0 Å². The summed E-state index contributed by atoms with van der Waals surface area (Å²) in [5, 5.41) is 2.64. The van der Waals surface area contributed by atoms with Gasteiger partial charge in [-0.3, -0.25) is 15.1 Å². The van der Waals surface area contributed by atoms with Crippen molar-refractivity contribution in [1.82, 2.24) is 15.0 Å². The van der Waals surface area contributed by atoms with Gasteiger partial charge in [0, 0.05) is 30.4 Å². The van der Waals surface area contributed by atoms with E-state index in [1.165, 1.54) is 6.20 Å². The van der Waals surface area contributed by atoms with E-state index in [4.69, 9.17) is 0 Å². The van der Waals surface area contributed by atoms with E-state index in [0.29, 0.717) is 5.56 Å². The SMILES string of the molecule is O=C(Nc1ncccn1)c1cncc(-c2ccccc2)c1. The molecule has 2 aromatic heterocycles. The Hall–Kier alpha value is -3.08. The van der Waals surface area contributed by atoms with Crippen molar-refractivity contribution >= 4 is 11.9 Å². The number of hydrogen-bond acceptors (Lipinski definition) is 4. The maximum Gasteiger partial charge on any atom is 0.259 e. The molecule has 0 radical (unpaired) electrons. The summed E-state index contributed by atoms with van der Waals surface area (Å²) in [6.07, 6.45) is 6.39. The highest BCUT2D eigenvalue weighted by atomic mass is 16.1. The molecule has 1 N–H and O–H groups in total. The van der Waals surface area contributed by atoms with Crippen molar-refractivity contribution in [3.8, 4) is 11.1 Å². The van der Waals surface area contributed by atoms with Gasteiger partial charge in [-0.1, -0.05) is 30.3 Å². The van der Waals surface area contributed by atoms with E-state index in [2.05, 4.69) is 20.3 Å². The fourth-order valence-corrected chi connectivity index (χ4v) is 1.89. The predicted molar refractivity (Wildman–Crippen MR) is 79.7 cm³/mol. The van der Waals surface area contributed by atoms with Crippen LogP contribution in [0.3, 0.4) is 0 Å². The molecular formula is C16H12N4O. The number of anilines is 1. The second-order valence-electron chi connectivity index (χ2n) is 4.35. The molecule has 0 fully saturated rings. The standard InChI is InChI=1S/C16H12N4O/c21-15(20-16-18-7-4-8-19-16)14-9-13(10-17-11-14)12-5-2-1-3-6-12/h1-11H,(H,18,19,20,21). The number of nitrogens with zero attached hydrogens (tertiary/aromatic N) is 3. The second kappa shape index (κ2) is 5.92. The summed E-state index contributed by atoms with van der Waals surface area (Å²) >= 11 is 0. The summed E-state index contributed by atoms with van der Waals surface area (Å²) in [5.41, 5.74) is 2.36. The molecule has 2 heterocycles. The highest BCUT2D eigenvalue weighted by molar-refractivity contribution is 6.03. The summed E-state index contributed by atoms with van der Waals surface area (Å²) in [6.45, 7) is 0. The number of benzene rings is 1. The maximum atomic E-state index is 12.2. The molecule has 0 bridgehead atoms. The third-order valence-electron chi connectivity index (χ3n) is 2.90. The molecule has 3 rings (SSSR count). The van der Waals surface area contributed by atoms with Gasteiger partial charge < -0.3 is 0 Å². The van der Waals surface area contributed by atoms with Gasteiger partial charge in [-0.15, -0.1) is 0 Å². The molecule has 0 saturated heterocycles. The van der Waals surface area contributed by atoms with Gasteiger partial charge in [0.2, 0.25) is 5.95 Å². The van der Waals surface area contributed by atoms with Gasteiger partial charge >= 0.3 is 0 Å². The van der Waals surface area contributed by atoms with Crippen molar-refractivity contribution in [2.24, 2.45) is 0 Å². The van der Waals surface area contributed by atoms with Crippen LogP contribution in [0.1, 0.15) is 10.4 Å². The number of aromatic nitrogens is 3. The molecule has 1 aromatic carbocycles. The van der Waals surface area contributed by atoms with E-state index in [1.54, 1.807) is 30.7 Å². The normalized spacial score (nSPS) is 10.1. The quantitative estimate of drug-likeness (QED) is 0.798. The Morgan fingerprint density at radius 2 is 1.67 bits per heavy atom. The largest absolute Gasteiger partial charge is 0.290 e. The van der Waals surface area contributed by atoms with Gasteiger partial charge in [-0.05, 0) is 17.7 Å². The summed E-state index contributed by atoms with van der Waals surface area (Å²) in [7, 11) is 0. The number of rotatable bonds is 3. The Bertz CT molecular complexity index is 744. The Balaban J connectivity index is 1.85. The third-order valence-corrected chi connectivity index (χ3v) is 2.90. The van der Waals surface area contributed by atoms with Gasteiger partial charge in [0.15, 0.2) is 0 Å². The van der Waals surface area contributed by atoms with Gasteiger partial charge in [0.25, 0.3) is 5.91 Å². The zero-order valence-electron chi connectivity index (χ0n) is 11.1. The van der Waals surface area contributed by atoms with Crippen LogP contribution < -0.4 is 5.32 Å². The average molecular weight is 276 g/mol. The highest BCUT2D eigenvalue weighted by Gasteiger charge is 2.09. The van der Waals surface area contributed by atoms with E-state index in [0.717, 1.165) is 11.1 Å². The zero-order chi connectivity index (χ0) is 14.5. The number of amides is 1. The fourth-order valence-electron chi connectivity index (χ4n) is 1.89. The first-order valence-electron chi connectivity index (χ1n) is 6.42. The molecule has 21 heavy (non-hydrogen) atoms. The van der Waals surface area contributed by atoms with Crippen LogP contribution in [-0.2, 0) is 0 Å². The van der Waals surface area contributed by atoms with E-state index in [9.17, 15) is 4.79 Å². The summed E-state index contributed by atoms with van der Waals surface area (Å²) in [5.74, 6) is -0.0147. The molecule has 0 saturated carbocycles. The lowest BCUT2D eigenvalue weighted by atomic mass is 10.1. The molecular weight excluding hydrogens is 264 g/mol. The molecule has 5 nitrogen and oxygen atoms in total. The van der Waals surface area contributed by atoms with Crippen LogP contribution in [0.2, 0.25) is 0 Å². The molecule has 0 aliphatic carbocycles. The van der Waals surface area contributed by atoms with E-state index >= 15 is 0 Å². The minimum Gasteiger partial charge on any atom is -0.290 e. The van der Waals surface area contributed by atoms with Crippen molar-refractivity contribution < 1.29 is 4.79 Å². The minimum absolute atomic E-state index is 0.271. The maximum absolute atomic E-state index is 12.2. The summed E-state index contributed by atoms with van der Waals surface area (Å²) in [6, 6.07) is 13.3. The lowest BCUT2D eigenvalue weighted by Gasteiger charge is -2.05. The summed E-state index contributed by atoms with van der Waals surface area (Å²) < 4.78 is 0. The second-order valence-corrected chi connectivity index (χ2v) is 4.35. The molecule has 3 aromatic rings. The van der Waals surface area contributed by atoms with Crippen LogP contribution >= 0.6 is 0 Å². The van der Waals surface area contributed by atoms with Gasteiger partial charge in [0.05, 0.1) is 5.56 Å². The van der Waals surface area contributed by atoms with Crippen molar-refractivity contribution in [2.75, 3.05) is 5.32 Å². The third kappa shape index (κ3) is 3.09. The number of carbonyl (C=O) groups is 1. The first kappa shape index (κ1) is 12.9. The lowest BCUT2D eigenvalue weighted by Crippen LogP contribution is -2.14. The first-order valence-corrected chi connectivity index (χ1v) is 6.42. The predicted octanol–water partition coefficient (Wildman–Crippen LogP) is 2.79. The Morgan fingerprint density at radius 3 is 2.43 bits per heavy atom. The van der Waals surface area contributed by atoms with Crippen molar-refractivity contribution in [3.05, 3.63) is 72.8 Å². The number of hydrogen-bond donors (Lipinski definition) is 1. The Kier molecular flexibility index (Phi) is 3.64. The van der Waals surface area contributed by atoms with E-state index in [-0.39, 0.29) is 11.9 Å². The number of pyridine rings is 1. The molecule has 5 heteroatoms. The highest BCUT2D eigenvalue weighted by Crippen LogP contribution is 2.19. The molecule has 102 valence electrons. The summed E-state index contributed by atoms with van der Waals surface area (Å²) in [4.78, 5) is 24.2. The fraction of sp³-hybridized carbons (Fsp3) is 0. The van der Waals surface area contributed by atoms with E-state index < -0.39 is 0 Å². The van der Waals surface area contributed by atoms with Crippen LogP contribution in [0.25, 0.3) is 11.1 Å². The molecule has 0 aliphatic rings. The number of nitrogens with one attached hydrogen (secondary N) is 1. The average Bonchev–Trinajstić information content (AvgIpc) is 2.57. The van der Waals surface area contributed by atoms with Crippen LogP contribution in [0.5, 0.6) is 0 Å². The van der Waals surface area contributed by atoms with Crippen LogP contribution in [-0.4, -0.2) is 20.9 Å². The Labute approximate surface area is 121 Å². The van der Waals surface area contributed by atoms with Crippen LogP contribution in [0.4, 0.5) is 5.95 Å². The number of carbonyl (C=O) groups excluding carboxylic acids is 1. The lowest BCUT2D eigenvalue weighted by molar-refractivity contribution is 0.102. The molecule has 0 atom stereocenters. The van der Waals surface area contributed by atoms with Gasteiger partial charge in [0.1, 0.15) is 0 Å². The molecule has 0 spiro atoms.